The minimum absolute atomic E-state index is 0.0672. The second-order valence-electron chi connectivity index (χ2n) is 4.61. The van der Waals surface area contributed by atoms with E-state index in [-0.39, 0.29) is 11.8 Å². The standard InChI is InChI=1S/C13H18N4O2S/c1-10(18)16-4-6-17(7-5-16)13(19)9-20-12-3-2-11(14)8-15-12/h2-3,8H,4-7,9,14H2,1H3. The van der Waals surface area contributed by atoms with Crippen LogP contribution in [0.2, 0.25) is 0 Å². The van der Waals surface area contributed by atoms with Crippen molar-refractivity contribution in [1.82, 2.24) is 14.8 Å². The number of carbonyl (C=O) groups is 2. The Labute approximate surface area is 122 Å². The van der Waals surface area contributed by atoms with E-state index in [1.807, 2.05) is 0 Å². The number of anilines is 1. The van der Waals surface area contributed by atoms with E-state index in [0.29, 0.717) is 37.6 Å². The van der Waals surface area contributed by atoms with E-state index >= 15 is 0 Å². The summed E-state index contributed by atoms with van der Waals surface area (Å²) in [5.74, 6) is 0.506. The Hall–Kier alpha value is -1.76. The van der Waals surface area contributed by atoms with Gasteiger partial charge in [-0.25, -0.2) is 4.98 Å². The van der Waals surface area contributed by atoms with E-state index in [4.69, 9.17) is 5.73 Å². The zero-order valence-electron chi connectivity index (χ0n) is 11.4. The average molecular weight is 294 g/mol. The smallest absolute Gasteiger partial charge is 0.233 e. The quantitative estimate of drug-likeness (QED) is 0.819. The van der Waals surface area contributed by atoms with Crippen molar-refractivity contribution in [3.05, 3.63) is 18.3 Å². The maximum absolute atomic E-state index is 12.1. The first-order valence-corrected chi connectivity index (χ1v) is 7.42. The summed E-state index contributed by atoms with van der Waals surface area (Å²) in [6, 6.07) is 3.58. The summed E-state index contributed by atoms with van der Waals surface area (Å²) in [6.45, 7) is 4.00. The molecular weight excluding hydrogens is 276 g/mol. The van der Waals surface area contributed by atoms with Crippen LogP contribution in [-0.4, -0.2) is 58.5 Å². The third kappa shape index (κ3) is 3.86. The first-order valence-electron chi connectivity index (χ1n) is 6.44. The summed E-state index contributed by atoms with van der Waals surface area (Å²) in [5, 5.41) is 0.787. The normalized spacial score (nSPS) is 15.2. The van der Waals surface area contributed by atoms with Gasteiger partial charge in [0.2, 0.25) is 11.8 Å². The van der Waals surface area contributed by atoms with Gasteiger partial charge < -0.3 is 15.5 Å². The summed E-state index contributed by atoms with van der Waals surface area (Å²) < 4.78 is 0. The molecule has 2 amide bonds. The number of piperazine rings is 1. The molecular formula is C13H18N4O2S. The van der Waals surface area contributed by atoms with Gasteiger partial charge in [-0.3, -0.25) is 9.59 Å². The van der Waals surface area contributed by atoms with Crippen molar-refractivity contribution in [3.63, 3.8) is 0 Å². The van der Waals surface area contributed by atoms with Gasteiger partial charge in [-0.1, -0.05) is 11.8 Å². The summed E-state index contributed by atoms with van der Waals surface area (Å²) >= 11 is 1.40. The molecule has 0 spiro atoms. The summed E-state index contributed by atoms with van der Waals surface area (Å²) in [7, 11) is 0. The molecule has 2 N–H and O–H groups in total. The van der Waals surface area contributed by atoms with Crippen molar-refractivity contribution in [2.75, 3.05) is 37.7 Å². The molecule has 1 aliphatic rings. The highest BCUT2D eigenvalue weighted by molar-refractivity contribution is 7.99. The number of nitrogen functional groups attached to an aromatic ring is 1. The second kappa shape index (κ2) is 6.60. The maximum Gasteiger partial charge on any atom is 0.233 e. The van der Waals surface area contributed by atoms with Crippen LogP contribution in [0.15, 0.2) is 23.4 Å². The summed E-state index contributed by atoms with van der Waals surface area (Å²) in [6.07, 6.45) is 1.58. The zero-order chi connectivity index (χ0) is 14.5. The third-order valence-electron chi connectivity index (χ3n) is 3.18. The lowest BCUT2D eigenvalue weighted by molar-refractivity contribution is -0.136. The Bertz CT molecular complexity index is 484. The lowest BCUT2D eigenvalue weighted by Gasteiger charge is -2.34. The number of nitrogens with two attached hydrogens (primary N) is 1. The molecule has 1 aromatic rings. The van der Waals surface area contributed by atoms with Crippen LogP contribution in [0.1, 0.15) is 6.92 Å². The molecule has 2 rings (SSSR count). The highest BCUT2D eigenvalue weighted by atomic mass is 32.2. The Balaban J connectivity index is 1.78. The molecule has 0 atom stereocenters. The molecule has 0 radical (unpaired) electrons. The molecule has 1 aliphatic heterocycles. The number of carbonyl (C=O) groups excluding carboxylic acids is 2. The van der Waals surface area contributed by atoms with E-state index in [9.17, 15) is 9.59 Å². The largest absolute Gasteiger partial charge is 0.397 e. The van der Waals surface area contributed by atoms with Crippen LogP contribution in [0.3, 0.4) is 0 Å². The molecule has 2 heterocycles. The van der Waals surface area contributed by atoms with Crippen molar-refractivity contribution in [2.24, 2.45) is 0 Å². The van der Waals surface area contributed by atoms with Crippen molar-refractivity contribution < 1.29 is 9.59 Å². The molecule has 0 unspecified atom stereocenters. The molecule has 108 valence electrons. The Morgan fingerprint density at radius 1 is 1.25 bits per heavy atom. The molecule has 0 aliphatic carbocycles. The van der Waals surface area contributed by atoms with Gasteiger partial charge in [0.05, 0.1) is 22.7 Å². The number of nitrogens with zero attached hydrogens (tertiary/aromatic N) is 3. The fourth-order valence-corrected chi connectivity index (χ4v) is 2.72. The molecule has 0 saturated carbocycles. The summed E-state index contributed by atoms with van der Waals surface area (Å²) in [4.78, 5) is 31.0. The van der Waals surface area contributed by atoms with Crippen LogP contribution in [0.4, 0.5) is 5.69 Å². The number of hydrogen-bond donors (Lipinski definition) is 1. The van der Waals surface area contributed by atoms with Crippen LogP contribution in [0, 0.1) is 0 Å². The van der Waals surface area contributed by atoms with E-state index < -0.39 is 0 Å². The Kier molecular flexibility index (Phi) is 4.84. The number of thioether (sulfide) groups is 1. The van der Waals surface area contributed by atoms with Crippen LogP contribution in [-0.2, 0) is 9.59 Å². The molecule has 1 fully saturated rings. The monoisotopic (exact) mass is 294 g/mol. The van der Waals surface area contributed by atoms with Gasteiger partial charge in [0.15, 0.2) is 0 Å². The lowest BCUT2D eigenvalue weighted by atomic mass is 10.3. The van der Waals surface area contributed by atoms with E-state index in [1.54, 1.807) is 35.1 Å². The van der Waals surface area contributed by atoms with Crippen LogP contribution in [0.5, 0.6) is 0 Å². The molecule has 6 nitrogen and oxygen atoms in total. The van der Waals surface area contributed by atoms with Crippen LogP contribution >= 0.6 is 11.8 Å². The maximum atomic E-state index is 12.1. The predicted molar refractivity (Wildman–Crippen MR) is 78.2 cm³/mol. The van der Waals surface area contributed by atoms with Gasteiger partial charge in [0.1, 0.15) is 0 Å². The minimum atomic E-state index is 0.0672. The SMILES string of the molecule is CC(=O)N1CCN(C(=O)CSc2ccc(N)cn2)CC1. The number of hydrogen-bond acceptors (Lipinski definition) is 5. The Morgan fingerprint density at radius 2 is 1.90 bits per heavy atom. The molecule has 1 aromatic heterocycles. The van der Waals surface area contributed by atoms with Crippen molar-refractivity contribution in [1.29, 1.82) is 0 Å². The van der Waals surface area contributed by atoms with Crippen molar-refractivity contribution in [3.8, 4) is 0 Å². The van der Waals surface area contributed by atoms with Crippen molar-refractivity contribution >= 4 is 29.3 Å². The molecule has 0 aromatic carbocycles. The van der Waals surface area contributed by atoms with Gasteiger partial charge >= 0.3 is 0 Å². The lowest BCUT2D eigenvalue weighted by Crippen LogP contribution is -2.50. The van der Waals surface area contributed by atoms with E-state index in [0.717, 1.165) is 5.03 Å². The van der Waals surface area contributed by atoms with Crippen LogP contribution in [0.25, 0.3) is 0 Å². The molecule has 7 heteroatoms. The highest BCUT2D eigenvalue weighted by Crippen LogP contribution is 2.17. The van der Waals surface area contributed by atoms with Gasteiger partial charge in [-0.05, 0) is 12.1 Å². The fourth-order valence-electron chi connectivity index (χ4n) is 1.97. The number of amides is 2. The number of aromatic nitrogens is 1. The zero-order valence-corrected chi connectivity index (χ0v) is 12.2. The topological polar surface area (TPSA) is 79.5 Å². The molecule has 20 heavy (non-hydrogen) atoms. The van der Waals surface area contributed by atoms with Gasteiger partial charge in [-0.15, -0.1) is 0 Å². The molecule has 1 saturated heterocycles. The summed E-state index contributed by atoms with van der Waals surface area (Å²) in [5.41, 5.74) is 6.17. The minimum Gasteiger partial charge on any atom is -0.397 e. The van der Waals surface area contributed by atoms with Gasteiger partial charge in [0, 0.05) is 33.1 Å². The average Bonchev–Trinajstić information content (AvgIpc) is 2.46. The highest BCUT2D eigenvalue weighted by Gasteiger charge is 2.22. The Morgan fingerprint density at radius 3 is 2.45 bits per heavy atom. The second-order valence-corrected chi connectivity index (χ2v) is 5.60. The predicted octanol–water partition coefficient (Wildman–Crippen LogP) is 0.447. The van der Waals surface area contributed by atoms with Crippen LogP contribution < -0.4 is 5.73 Å². The fraction of sp³-hybridized carbons (Fsp3) is 0.462. The first kappa shape index (κ1) is 14.6. The number of pyridine rings is 1. The third-order valence-corrected chi connectivity index (χ3v) is 4.11. The van der Waals surface area contributed by atoms with E-state index in [2.05, 4.69) is 4.98 Å². The molecule has 0 bridgehead atoms. The van der Waals surface area contributed by atoms with Gasteiger partial charge in [-0.2, -0.15) is 0 Å². The van der Waals surface area contributed by atoms with Gasteiger partial charge in [0.25, 0.3) is 0 Å². The first-order chi connectivity index (χ1) is 9.56. The van der Waals surface area contributed by atoms with Crippen molar-refractivity contribution in [2.45, 2.75) is 11.9 Å². The van der Waals surface area contributed by atoms with E-state index in [1.165, 1.54) is 11.8 Å². The number of rotatable bonds is 3.